The van der Waals surface area contributed by atoms with Crippen LogP contribution in [-0.2, 0) is 6.42 Å². The Morgan fingerprint density at radius 2 is 1.83 bits per heavy atom. The number of benzene rings is 2. The topological polar surface area (TPSA) is 116 Å². The summed E-state index contributed by atoms with van der Waals surface area (Å²) in [5, 5.41) is 17.3. The summed E-state index contributed by atoms with van der Waals surface area (Å²) < 4.78 is 0. The lowest BCUT2D eigenvalue weighted by Gasteiger charge is -2.26. The highest BCUT2D eigenvalue weighted by Crippen LogP contribution is 2.35. The molecule has 1 aromatic heterocycles. The average Bonchev–Trinajstić information content (AvgIpc) is 3.26. The van der Waals surface area contributed by atoms with Crippen LogP contribution in [0.1, 0.15) is 46.9 Å². The number of aromatic nitrogens is 2. The molecule has 0 radical (unpaired) electrons. The molecule has 2 unspecified atom stereocenters. The minimum absolute atomic E-state index is 0.0646. The Morgan fingerprint density at radius 1 is 1.10 bits per heavy atom. The molecule has 150 valence electrons. The van der Waals surface area contributed by atoms with E-state index in [1.54, 1.807) is 24.5 Å². The molecule has 0 fully saturated rings. The van der Waals surface area contributed by atoms with E-state index in [4.69, 9.17) is 11.1 Å². The predicted octanol–water partition coefficient (Wildman–Crippen LogP) is 4.05. The lowest BCUT2D eigenvalue weighted by molar-refractivity contribution is 0.0880. The number of aromatic hydroxyl groups is 1. The number of amidine groups is 1. The van der Waals surface area contributed by atoms with Crippen molar-refractivity contribution in [2.24, 2.45) is 11.7 Å². The largest absolute Gasteiger partial charge is 0.508 e. The van der Waals surface area contributed by atoms with E-state index in [-0.39, 0.29) is 29.2 Å². The SMILES string of the molecule is N=C(N)CCC(C(=O)c1ncc[nH]1)C(CCc1ccccc1)c1ccc(O)cc1. The molecule has 6 heteroatoms. The minimum atomic E-state index is -0.377. The Bertz CT molecular complexity index is 921. The van der Waals surface area contributed by atoms with Gasteiger partial charge >= 0.3 is 0 Å². The highest BCUT2D eigenvalue weighted by molar-refractivity contribution is 5.95. The van der Waals surface area contributed by atoms with Crippen LogP contribution in [0.2, 0.25) is 0 Å². The second-order valence-corrected chi connectivity index (χ2v) is 7.19. The molecule has 0 spiro atoms. The van der Waals surface area contributed by atoms with E-state index >= 15 is 0 Å². The van der Waals surface area contributed by atoms with Crippen LogP contribution in [0.25, 0.3) is 0 Å². The minimum Gasteiger partial charge on any atom is -0.508 e. The number of aryl methyl sites for hydroxylation is 1. The Balaban J connectivity index is 1.92. The van der Waals surface area contributed by atoms with Crippen LogP contribution in [0.3, 0.4) is 0 Å². The van der Waals surface area contributed by atoms with E-state index in [9.17, 15) is 9.90 Å². The van der Waals surface area contributed by atoms with Gasteiger partial charge in [0.15, 0.2) is 5.82 Å². The highest BCUT2D eigenvalue weighted by Gasteiger charge is 2.31. The maximum atomic E-state index is 13.3. The molecule has 29 heavy (non-hydrogen) atoms. The zero-order chi connectivity index (χ0) is 20.6. The molecule has 0 saturated carbocycles. The third kappa shape index (κ3) is 5.54. The van der Waals surface area contributed by atoms with Gasteiger partial charge in [0.2, 0.25) is 5.78 Å². The number of ketones is 1. The lowest BCUT2D eigenvalue weighted by atomic mass is 9.77. The molecule has 0 aliphatic heterocycles. The summed E-state index contributed by atoms with van der Waals surface area (Å²) in [5.74, 6) is 0.0263. The van der Waals surface area contributed by atoms with Gasteiger partial charge in [0, 0.05) is 24.7 Å². The van der Waals surface area contributed by atoms with Crippen molar-refractivity contribution in [1.82, 2.24) is 9.97 Å². The van der Waals surface area contributed by atoms with Gasteiger partial charge < -0.3 is 15.8 Å². The van der Waals surface area contributed by atoms with Crippen LogP contribution in [0.15, 0.2) is 67.0 Å². The van der Waals surface area contributed by atoms with E-state index in [2.05, 4.69) is 22.1 Å². The molecule has 0 amide bonds. The van der Waals surface area contributed by atoms with Crippen molar-refractivity contribution in [2.75, 3.05) is 0 Å². The molecule has 5 N–H and O–H groups in total. The van der Waals surface area contributed by atoms with Gasteiger partial charge in [-0.05, 0) is 48.4 Å². The molecule has 2 atom stereocenters. The molecular weight excluding hydrogens is 364 g/mol. The van der Waals surface area contributed by atoms with E-state index in [1.807, 2.05) is 30.3 Å². The Morgan fingerprint density at radius 3 is 2.45 bits per heavy atom. The van der Waals surface area contributed by atoms with Crippen molar-refractivity contribution in [3.05, 3.63) is 83.9 Å². The fourth-order valence-electron chi connectivity index (χ4n) is 3.69. The van der Waals surface area contributed by atoms with Crippen molar-refractivity contribution in [1.29, 1.82) is 5.41 Å². The number of H-pyrrole nitrogens is 1. The summed E-state index contributed by atoms with van der Waals surface area (Å²) in [6.45, 7) is 0. The van der Waals surface area contributed by atoms with Gasteiger partial charge in [0.25, 0.3) is 0 Å². The molecule has 2 aromatic carbocycles. The second-order valence-electron chi connectivity index (χ2n) is 7.19. The Hall–Kier alpha value is -3.41. The number of Topliss-reactive ketones (excluding diaryl/α,β-unsaturated/α-hetero) is 1. The standard InChI is InChI=1S/C23H26N4O2/c24-21(25)13-12-20(22(29)23-26-14-15-27-23)19(17-7-9-18(28)10-8-17)11-6-16-4-2-1-3-5-16/h1-5,7-10,14-15,19-20,28H,6,11-13H2,(H3,24,25)(H,26,27). The van der Waals surface area contributed by atoms with E-state index in [1.165, 1.54) is 5.56 Å². The summed E-state index contributed by atoms with van der Waals surface area (Å²) in [6.07, 6.45) is 5.58. The van der Waals surface area contributed by atoms with Gasteiger partial charge in [-0.2, -0.15) is 0 Å². The summed E-state index contributed by atoms with van der Waals surface area (Å²) >= 11 is 0. The fourth-order valence-corrected chi connectivity index (χ4v) is 3.69. The van der Waals surface area contributed by atoms with Crippen molar-refractivity contribution in [2.45, 2.75) is 31.6 Å². The third-order valence-corrected chi connectivity index (χ3v) is 5.19. The molecule has 1 heterocycles. The highest BCUT2D eigenvalue weighted by atomic mass is 16.3. The van der Waals surface area contributed by atoms with Gasteiger partial charge in [-0.15, -0.1) is 0 Å². The van der Waals surface area contributed by atoms with E-state index in [0.29, 0.717) is 18.7 Å². The first-order valence-corrected chi connectivity index (χ1v) is 9.74. The molecular formula is C23H26N4O2. The van der Waals surface area contributed by atoms with Crippen molar-refractivity contribution in [3.8, 4) is 5.75 Å². The van der Waals surface area contributed by atoms with Gasteiger partial charge in [-0.3, -0.25) is 10.2 Å². The number of phenolic OH excluding ortho intramolecular Hbond substituents is 1. The second kappa shape index (κ2) is 9.68. The van der Waals surface area contributed by atoms with Gasteiger partial charge in [0.1, 0.15) is 5.75 Å². The van der Waals surface area contributed by atoms with Gasteiger partial charge in [-0.1, -0.05) is 42.5 Å². The Kier molecular flexibility index (Phi) is 6.79. The first-order chi connectivity index (χ1) is 14.0. The number of nitrogens with one attached hydrogen (secondary N) is 2. The first-order valence-electron chi connectivity index (χ1n) is 9.74. The zero-order valence-corrected chi connectivity index (χ0v) is 16.2. The van der Waals surface area contributed by atoms with Crippen LogP contribution in [0, 0.1) is 11.3 Å². The number of hydrogen-bond acceptors (Lipinski definition) is 4. The molecule has 0 aliphatic carbocycles. The van der Waals surface area contributed by atoms with E-state index < -0.39 is 0 Å². The lowest BCUT2D eigenvalue weighted by Crippen LogP contribution is -2.26. The molecule has 0 saturated heterocycles. The number of rotatable bonds is 10. The number of aromatic amines is 1. The number of carbonyl (C=O) groups excluding carboxylic acids is 1. The smallest absolute Gasteiger partial charge is 0.201 e. The zero-order valence-electron chi connectivity index (χ0n) is 16.2. The average molecular weight is 390 g/mol. The normalized spacial score (nSPS) is 13.0. The van der Waals surface area contributed by atoms with Gasteiger partial charge in [0.05, 0.1) is 5.84 Å². The monoisotopic (exact) mass is 390 g/mol. The quantitative estimate of drug-likeness (QED) is 0.237. The van der Waals surface area contributed by atoms with Crippen LogP contribution in [0.4, 0.5) is 0 Å². The summed E-state index contributed by atoms with van der Waals surface area (Å²) in [6, 6.07) is 17.2. The number of nitrogens with zero attached hydrogens (tertiary/aromatic N) is 1. The van der Waals surface area contributed by atoms with Crippen LogP contribution >= 0.6 is 0 Å². The third-order valence-electron chi connectivity index (χ3n) is 5.19. The maximum Gasteiger partial charge on any atom is 0.201 e. The van der Waals surface area contributed by atoms with Gasteiger partial charge in [-0.25, -0.2) is 4.98 Å². The van der Waals surface area contributed by atoms with E-state index in [0.717, 1.165) is 18.4 Å². The number of phenols is 1. The first kappa shape index (κ1) is 20.3. The Labute approximate surface area is 170 Å². The predicted molar refractivity (Wildman–Crippen MR) is 113 cm³/mol. The summed E-state index contributed by atoms with van der Waals surface area (Å²) in [5.41, 5.74) is 7.78. The number of hydrogen-bond donors (Lipinski definition) is 4. The molecule has 6 nitrogen and oxygen atoms in total. The summed E-state index contributed by atoms with van der Waals surface area (Å²) in [7, 11) is 0. The van der Waals surface area contributed by atoms with Crippen LogP contribution < -0.4 is 5.73 Å². The number of nitrogens with two attached hydrogens (primary N) is 1. The van der Waals surface area contributed by atoms with Crippen LogP contribution in [-0.4, -0.2) is 26.7 Å². The molecule has 0 aliphatic rings. The number of imidazole rings is 1. The van der Waals surface area contributed by atoms with Crippen molar-refractivity contribution < 1.29 is 9.90 Å². The fraction of sp³-hybridized carbons (Fsp3) is 0.261. The molecule has 0 bridgehead atoms. The molecule has 3 rings (SSSR count). The van der Waals surface area contributed by atoms with Crippen molar-refractivity contribution >= 4 is 11.6 Å². The molecule has 3 aromatic rings. The number of carbonyl (C=O) groups is 1. The maximum absolute atomic E-state index is 13.3. The summed E-state index contributed by atoms with van der Waals surface area (Å²) in [4.78, 5) is 20.3. The van der Waals surface area contributed by atoms with Crippen molar-refractivity contribution in [3.63, 3.8) is 0 Å². The van der Waals surface area contributed by atoms with Crippen LogP contribution in [0.5, 0.6) is 5.75 Å².